The summed E-state index contributed by atoms with van der Waals surface area (Å²) in [4.78, 5) is 0. The van der Waals surface area contributed by atoms with Crippen molar-refractivity contribution in [3.05, 3.63) is 0 Å². The van der Waals surface area contributed by atoms with Crippen LogP contribution in [-0.4, -0.2) is 23.4 Å². The van der Waals surface area contributed by atoms with E-state index in [0.29, 0.717) is 12.8 Å². The number of hydrogen-bond acceptors (Lipinski definition) is 2. The molecule has 74 valence electrons. The van der Waals surface area contributed by atoms with Crippen LogP contribution in [0.15, 0.2) is 0 Å². The summed E-state index contributed by atoms with van der Waals surface area (Å²) in [6.07, 6.45) is 9.20. The molecular formula is C11H18O2. The van der Waals surface area contributed by atoms with Crippen LogP contribution in [0.4, 0.5) is 0 Å². The summed E-state index contributed by atoms with van der Waals surface area (Å²) in [5.74, 6) is 2.54. The van der Waals surface area contributed by atoms with E-state index in [0.717, 1.165) is 25.9 Å². The third kappa shape index (κ3) is 2.72. The van der Waals surface area contributed by atoms with Gasteiger partial charge in [0, 0.05) is 13.0 Å². The van der Waals surface area contributed by atoms with Gasteiger partial charge in [-0.2, -0.15) is 0 Å². The molecule has 2 unspecified atom stereocenters. The summed E-state index contributed by atoms with van der Waals surface area (Å²) in [6.45, 7) is 2.75. The van der Waals surface area contributed by atoms with Gasteiger partial charge in [-0.05, 0) is 32.6 Å². The number of aliphatic hydroxyl groups is 1. The second-order valence-electron chi connectivity index (χ2n) is 3.88. The Morgan fingerprint density at radius 1 is 1.62 bits per heavy atom. The lowest BCUT2D eigenvalue weighted by atomic mass is 9.88. The fourth-order valence-electron chi connectivity index (χ4n) is 1.74. The lowest BCUT2D eigenvalue weighted by Crippen LogP contribution is -2.44. The van der Waals surface area contributed by atoms with E-state index in [9.17, 15) is 5.11 Å². The highest BCUT2D eigenvalue weighted by atomic mass is 16.5. The molecule has 0 aliphatic carbocycles. The molecule has 1 aliphatic rings. The molecule has 1 fully saturated rings. The lowest BCUT2D eigenvalue weighted by molar-refractivity contribution is -0.137. The molecule has 1 aliphatic heterocycles. The molecule has 0 aromatic rings. The largest absolute Gasteiger partial charge is 0.390 e. The number of ether oxygens (including phenoxy) is 1. The summed E-state index contributed by atoms with van der Waals surface area (Å²) in [5.41, 5.74) is -0.352. The Bertz CT molecular complexity index is 187. The molecule has 0 spiro atoms. The Morgan fingerprint density at radius 2 is 2.38 bits per heavy atom. The van der Waals surface area contributed by atoms with Crippen molar-refractivity contribution in [1.82, 2.24) is 0 Å². The number of rotatable bonds is 3. The third-order valence-electron chi connectivity index (χ3n) is 2.77. The van der Waals surface area contributed by atoms with Crippen LogP contribution in [-0.2, 0) is 4.74 Å². The van der Waals surface area contributed by atoms with Crippen LogP contribution in [0.2, 0.25) is 0 Å². The van der Waals surface area contributed by atoms with Crippen LogP contribution in [0, 0.1) is 12.3 Å². The van der Waals surface area contributed by atoms with Crippen molar-refractivity contribution in [2.24, 2.45) is 0 Å². The van der Waals surface area contributed by atoms with Crippen LogP contribution in [0.5, 0.6) is 0 Å². The van der Waals surface area contributed by atoms with Crippen LogP contribution in [0.1, 0.15) is 39.0 Å². The molecule has 0 aromatic carbocycles. The van der Waals surface area contributed by atoms with Crippen molar-refractivity contribution in [2.75, 3.05) is 6.61 Å². The Labute approximate surface area is 80.3 Å². The molecule has 0 saturated carbocycles. The van der Waals surface area contributed by atoms with E-state index in [1.165, 1.54) is 0 Å². The maximum atomic E-state index is 9.84. The van der Waals surface area contributed by atoms with Gasteiger partial charge in [-0.25, -0.2) is 0 Å². The van der Waals surface area contributed by atoms with E-state index in [1.807, 2.05) is 6.92 Å². The molecule has 1 rings (SSSR count). The maximum absolute atomic E-state index is 9.84. The van der Waals surface area contributed by atoms with Gasteiger partial charge in [0.05, 0.1) is 11.7 Å². The van der Waals surface area contributed by atoms with Gasteiger partial charge in [0.2, 0.25) is 0 Å². The SMILES string of the molecule is C#CCCC(O)C1(C)CCCCO1. The minimum absolute atomic E-state index is 0.352. The van der Waals surface area contributed by atoms with Gasteiger partial charge < -0.3 is 9.84 Å². The van der Waals surface area contributed by atoms with Gasteiger partial charge in [-0.1, -0.05) is 0 Å². The lowest BCUT2D eigenvalue weighted by Gasteiger charge is -2.37. The van der Waals surface area contributed by atoms with Crippen molar-refractivity contribution in [3.8, 4) is 12.3 Å². The smallest absolute Gasteiger partial charge is 0.0912 e. The highest BCUT2D eigenvalue weighted by molar-refractivity contribution is 4.91. The quantitative estimate of drug-likeness (QED) is 0.673. The molecule has 2 atom stereocenters. The van der Waals surface area contributed by atoms with Gasteiger partial charge >= 0.3 is 0 Å². The van der Waals surface area contributed by atoms with E-state index >= 15 is 0 Å². The topological polar surface area (TPSA) is 29.5 Å². The van der Waals surface area contributed by atoms with Gasteiger partial charge in [-0.3, -0.25) is 0 Å². The first-order chi connectivity index (χ1) is 6.19. The van der Waals surface area contributed by atoms with Crippen LogP contribution >= 0.6 is 0 Å². The Hall–Kier alpha value is -0.520. The third-order valence-corrected chi connectivity index (χ3v) is 2.77. The van der Waals surface area contributed by atoms with Crippen LogP contribution in [0.25, 0.3) is 0 Å². The molecule has 0 amide bonds. The zero-order valence-corrected chi connectivity index (χ0v) is 8.25. The van der Waals surface area contributed by atoms with Gasteiger partial charge in [-0.15, -0.1) is 12.3 Å². The summed E-state index contributed by atoms with van der Waals surface area (Å²) >= 11 is 0. The van der Waals surface area contributed by atoms with Gasteiger partial charge in [0.1, 0.15) is 0 Å². The first kappa shape index (κ1) is 10.6. The highest BCUT2D eigenvalue weighted by Crippen LogP contribution is 2.29. The maximum Gasteiger partial charge on any atom is 0.0912 e. The summed E-state index contributed by atoms with van der Waals surface area (Å²) in [6, 6.07) is 0. The molecule has 1 N–H and O–H groups in total. The molecule has 13 heavy (non-hydrogen) atoms. The second kappa shape index (κ2) is 4.64. The minimum atomic E-state index is -0.413. The highest BCUT2D eigenvalue weighted by Gasteiger charge is 2.34. The fourth-order valence-corrected chi connectivity index (χ4v) is 1.74. The molecule has 1 heterocycles. The number of terminal acetylenes is 1. The average Bonchev–Trinajstić information content (AvgIpc) is 2.15. The zero-order valence-electron chi connectivity index (χ0n) is 8.25. The van der Waals surface area contributed by atoms with Crippen molar-refractivity contribution in [2.45, 2.75) is 50.7 Å². The van der Waals surface area contributed by atoms with Crippen LogP contribution in [0.3, 0.4) is 0 Å². The monoisotopic (exact) mass is 182 g/mol. The molecule has 2 heteroatoms. The van der Waals surface area contributed by atoms with E-state index in [1.54, 1.807) is 0 Å². The number of aliphatic hydroxyl groups excluding tert-OH is 1. The number of hydrogen-bond donors (Lipinski definition) is 1. The molecular weight excluding hydrogens is 164 g/mol. The first-order valence-corrected chi connectivity index (χ1v) is 4.94. The molecule has 2 nitrogen and oxygen atoms in total. The summed E-state index contributed by atoms with van der Waals surface area (Å²) in [7, 11) is 0. The van der Waals surface area contributed by atoms with E-state index in [4.69, 9.17) is 11.2 Å². The van der Waals surface area contributed by atoms with Crippen LogP contribution < -0.4 is 0 Å². The van der Waals surface area contributed by atoms with Crippen molar-refractivity contribution < 1.29 is 9.84 Å². The van der Waals surface area contributed by atoms with Crippen molar-refractivity contribution >= 4 is 0 Å². The minimum Gasteiger partial charge on any atom is -0.390 e. The van der Waals surface area contributed by atoms with E-state index < -0.39 is 6.10 Å². The fraction of sp³-hybridized carbons (Fsp3) is 0.818. The first-order valence-electron chi connectivity index (χ1n) is 4.94. The predicted molar refractivity (Wildman–Crippen MR) is 52.3 cm³/mol. The molecule has 0 radical (unpaired) electrons. The molecule has 0 bridgehead atoms. The zero-order chi connectivity index (χ0) is 9.73. The summed E-state index contributed by atoms with van der Waals surface area (Å²) in [5, 5.41) is 9.84. The Kier molecular flexibility index (Phi) is 3.77. The molecule has 0 aromatic heterocycles. The van der Waals surface area contributed by atoms with Gasteiger partial charge in [0.15, 0.2) is 0 Å². The molecule has 1 saturated heterocycles. The average molecular weight is 182 g/mol. The summed E-state index contributed by atoms with van der Waals surface area (Å²) < 4.78 is 5.61. The second-order valence-corrected chi connectivity index (χ2v) is 3.88. The van der Waals surface area contributed by atoms with Crippen molar-refractivity contribution in [3.63, 3.8) is 0 Å². The standard InChI is InChI=1S/C11H18O2/c1-3-4-7-10(12)11(2)8-5-6-9-13-11/h1,10,12H,4-9H2,2H3. The van der Waals surface area contributed by atoms with Gasteiger partial charge in [0.25, 0.3) is 0 Å². The Balaban J connectivity index is 2.42. The van der Waals surface area contributed by atoms with Crippen molar-refractivity contribution in [1.29, 1.82) is 0 Å². The van der Waals surface area contributed by atoms with E-state index in [2.05, 4.69) is 5.92 Å². The van der Waals surface area contributed by atoms with E-state index in [-0.39, 0.29) is 5.60 Å². The predicted octanol–water partition coefficient (Wildman–Crippen LogP) is 1.72. The normalized spacial score (nSPS) is 30.8. The Morgan fingerprint density at radius 3 is 2.92 bits per heavy atom.